The highest BCUT2D eigenvalue weighted by Gasteiger charge is 2.18. The predicted molar refractivity (Wildman–Crippen MR) is 71.8 cm³/mol. The third-order valence-electron chi connectivity index (χ3n) is 3.05. The van der Waals surface area contributed by atoms with Gasteiger partial charge >= 0.3 is 0 Å². The first kappa shape index (κ1) is 13.0. The molecule has 1 saturated heterocycles. The molecule has 1 atom stereocenters. The van der Waals surface area contributed by atoms with Gasteiger partial charge in [-0.1, -0.05) is 0 Å². The summed E-state index contributed by atoms with van der Waals surface area (Å²) in [6.45, 7) is 3.29. The lowest BCUT2D eigenvalue weighted by molar-refractivity contribution is 0.210. The number of hydrogen-bond donors (Lipinski definition) is 2. The molecule has 0 saturated carbocycles. The maximum atomic E-state index is 5.98. The van der Waals surface area contributed by atoms with E-state index in [1.54, 1.807) is 13.4 Å². The standard InChI is InChI=1S/C12H21N5O/c1-18-6-4-14-11-7-12(16-9-15-11)17-5-2-3-10(13)8-17/h7,9-10H,2-6,8,13H2,1H3,(H,14,15,16). The number of methoxy groups -OCH3 is 1. The van der Waals surface area contributed by atoms with Crippen molar-refractivity contribution in [2.24, 2.45) is 5.73 Å². The first-order chi connectivity index (χ1) is 8.79. The quantitative estimate of drug-likeness (QED) is 0.741. The van der Waals surface area contributed by atoms with Crippen molar-refractivity contribution in [2.75, 3.05) is 43.6 Å². The van der Waals surface area contributed by atoms with Crippen LogP contribution in [-0.4, -0.2) is 49.4 Å². The summed E-state index contributed by atoms with van der Waals surface area (Å²) in [5, 5.41) is 3.20. The summed E-state index contributed by atoms with van der Waals surface area (Å²) < 4.78 is 4.99. The summed E-state index contributed by atoms with van der Waals surface area (Å²) >= 11 is 0. The molecule has 0 radical (unpaired) electrons. The van der Waals surface area contributed by atoms with Crippen molar-refractivity contribution >= 4 is 11.6 Å². The Labute approximate surface area is 108 Å². The van der Waals surface area contributed by atoms with Gasteiger partial charge in [0.2, 0.25) is 0 Å². The summed E-state index contributed by atoms with van der Waals surface area (Å²) in [5.74, 6) is 1.77. The van der Waals surface area contributed by atoms with Crippen molar-refractivity contribution in [2.45, 2.75) is 18.9 Å². The van der Waals surface area contributed by atoms with E-state index >= 15 is 0 Å². The van der Waals surface area contributed by atoms with Crippen molar-refractivity contribution in [1.29, 1.82) is 0 Å². The molecular formula is C12H21N5O. The predicted octanol–water partition coefficient (Wildman–Crippen LogP) is 0.462. The van der Waals surface area contributed by atoms with Gasteiger partial charge in [-0.05, 0) is 12.8 Å². The van der Waals surface area contributed by atoms with E-state index in [0.29, 0.717) is 6.61 Å². The van der Waals surface area contributed by atoms with E-state index in [-0.39, 0.29) is 6.04 Å². The summed E-state index contributed by atoms with van der Waals surface area (Å²) in [5.41, 5.74) is 5.98. The monoisotopic (exact) mass is 251 g/mol. The normalized spacial score (nSPS) is 19.9. The molecule has 18 heavy (non-hydrogen) atoms. The molecule has 1 unspecified atom stereocenters. The van der Waals surface area contributed by atoms with Crippen LogP contribution in [0.15, 0.2) is 12.4 Å². The minimum atomic E-state index is 0.249. The number of ether oxygens (including phenoxy) is 1. The zero-order valence-corrected chi connectivity index (χ0v) is 10.8. The second-order valence-corrected chi connectivity index (χ2v) is 4.53. The van der Waals surface area contributed by atoms with Crippen LogP contribution in [0, 0.1) is 0 Å². The van der Waals surface area contributed by atoms with E-state index in [9.17, 15) is 0 Å². The summed E-state index contributed by atoms with van der Waals surface area (Å²) in [4.78, 5) is 10.7. The number of rotatable bonds is 5. The third kappa shape index (κ3) is 3.54. The van der Waals surface area contributed by atoms with E-state index in [1.165, 1.54) is 0 Å². The average Bonchev–Trinajstić information content (AvgIpc) is 2.39. The van der Waals surface area contributed by atoms with Gasteiger partial charge in [-0.2, -0.15) is 0 Å². The first-order valence-electron chi connectivity index (χ1n) is 6.35. The second-order valence-electron chi connectivity index (χ2n) is 4.53. The van der Waals surface area contributed by atoms with Crippen LogP contribution < -0.4 is 16.0 Å². The number of nitrogens with two attached hydrogens (primary N) is 1. The van der Waals surface area contributed by atoms with Crippen molar-refractivity contribution in [3.63, 3.8) is 0 Å². The van der Waals surface area contributed by atoms with Gasteiger partial charge in [0.15, 0.2) is 0 Å². The first-order valence-corrected chi connectivity index (χ1v) is 6.35. The molecule has 0 bridgehead atoms. The van der Waals surface area contributed by atoms with Crippen LogP contribution >= 0.6 is 0 Å². The van der Waals surface area contributed by atoms with Crippen molar-refractivity contribution < 1.29 is 4.74 Å². The van der Waals surface area contributed by atoms with Crippen LogP contribution in [0.1, 0.15) is 12.8 Å². The fraction of sp³-hybridized carbons (Fsp3) is 0.667. The fourth-order valence-corrected chi connectivity index (χ4v) is 2.12. The molecule has 2 rings (SSSR count). The highest BCUT2D eigenvalue weighted by molar-refractivity contribution is 5.48. The zero-order valence-electron chi connectivity index (χ0n) is 10.8. The molecule has 3 N–H and O–H groups in total. The maximum Gasteiger partial charge on any atom is 0.134 e. The van der Waals surface area contributed by atoms with Crippen LogP contribution in [0.4, 0.5) is 11.6 Å². The lowest BCUT2D eigenvalue weighted by atomic mass is 10.1. The molecule has 1 aromatic rings. The molecule has 0 aliphatic carbocycles. The third-order valence-corrected chi connectivity index (χ3v) is 3.05. The molecule has 1 aliphatic heterocycles. The Balaban J connectivity index is 1.97. The Morgan fingerprint density at radius 3 is 3.22 bits per heavy atom. The number of hydrogen-bond acceptors (Lipinski definition) is 6. The van der Waals surface area contributed by atoms with Crippen molar-refractivity contribution in [3.05, 3.63) is 12.4 Å². The number of nitrogens with one attached hydrogen (secondary N) is 1. The van der Waals surface area contributed by atoms with Gasteiger partial charge in [-0.3, -0.25) is 0 Å². The van der Waals surface area contributed by atoms with Crippen LogP contribution in [0.3, 0.4) is 0 Å². The lowest BCUT2D eigenvalue weighted by Crippen LogP contribution is -2.43. The zero-order chi connectivity index (χ0) is 12.8. The molecule has 6 nitrogen and oxygen atoms in total. The van der Waals surface area contributed by atoms with E-state index in [1.807, 2.05) is 6.07 Å². The number of piperidine rings is 1. The second kappa shape index (κ2) is 6.51. The Bertz CT molecular complexity index is 373. The summed E-state index contributed by atoms with van der Waals surface area (Å²) in [6.07, 6.45) is 3.81. The molecule has 0 amide bonds. The molecule has 1 aromatic heterocycles. The van der Waals surface area contributed by atoms with Crippen LogP contribution in [-0.2, 0) is 4.74 Å². The van der Waals surface area contributed by atoms with Gasteiger partial charge in [0.05, 0.1) is 6.61 Å². The number of nitrogens with zero attached hydrogens (tertiary/aromatic N) is 3. The highest BCUT2D eigenvalue weighted by Crippen LogP contribution is 2.18. The van der Waals surface area contributed by atoms with Gasteiger partial charge in [0.1, 0.15) is 18.0 Å². The summed E-state index contributed by atoms with van der Waals surface area (Å²) in [6, 6.07) is 2.21. The van der Waals surface area contributed by atoms with Gasteiger partial charge in [-0.25, -0.2) is 9.97 Å². The van der Waals surface area contributed by atoms with Gasteiger partial charge in [0.25, 0.3) is 0 Å². The minimum Gasteiger partial charge on any atom is -0.383 e. The van der Waals surface area contributed by atoms with Gasteiger partial charge < -0.3 is 20.7 Å². The molecule has 2 heterocycles. The largest absolute Gasteiger partial charge is 0.383 e. The van der Waals surface area contributed by atoms with Gasteiger partial charge in [0, 0.05) is 38.9 Å². The Hall–Kier alpha value is -1.40. The number of aromatic nitrogens is 2. The molecular weight excluding hydrogens is 230 g/mol. The van der Waals surface area contributed by atoms with Crippen LogP contribution in [0.5, 0.6) is 0 Å². The smallest absolute Gasteiger partial charge is 0.134 e. The van der Waals surface area contributed by atoms with Crippen molar-refractivity contribution in [3.8, 4) is 0 Å². The van der Waals surface area contributed by atoms with Gasteiger partial charge in [-0.15, -0.1) is 0 Å². The average molecular weight is 251 g/mol. The Morgan fingerprint density at radius 1 is 1.56 bits per heavy atom. The van der Waals surface area contributed by atoms with E-state index in [0.717, 1.165) is 44.1 Å². The lowest BCUT2D eigenvalue weighted by Gasteiger charge is -2.31. The molecule has 100 valence electrons. The Kier molecular flexibility index (Phi) is 4.72. The topological polar surface area (TPSA) is 76.3 Å². The molecule has 1 aliphatic rings. The Morgan fingerprint density at radius 2 is 2.44 bits per heavy atom. The van der Waals surface area contributed by atoms with Crippen LogP contribution in [0.2, 0.25) is 0 Å². The summed E-state index contributed by atoms with van der Waals surface area (Å²) in [7, 11) is 1.68. The minimum absolute atomic E-state index is 0.249. The SMILES string of the molecule is COCCNc1cc(N2CCCC(N)C2)ncn1. The fourth-order valence-electron chi connectivity index (χ4n) is 2.12. The molecule has 0 aromatic carbocycles. The van der Waals surface area contributed by atoms with Crippen molar-refractivity contribution in [1.82, 2.24) is 9.97 Å². The van der Waals surface area contributed by atoms with E-state index in [2.05, 4.69) is 20.2 Å². The number of anilines is 2. The maximum absolute atomic E-state index is 5.98. The molecule has 0 spiro atoms. The molecule has 1 fully saturated rings. The van der Waals surface area contributed by atoms with E-state index in [4.69, 9.17) is 10.5 Å². The molecule has 6 heteroatoms. The van der Waals surface area contributed by atoms with E-state index < -0.39 is 0 Å². The highest BCUT2D eigenvalue weighted by atomic mass is 16.5. The van der Waals surface area contributed by atoms with Crippen LogP contribution in [0.25, 0.3) is 0 Å².